The maximum Gasteiger partial charge on any atom is 0.278 e. The lowest BCUT2D eigenvalue weighted by Crippen LogP contribution is -2.13. The highest BCUT2D eigenvalue weighted by Crippen LogP contribution is 2.15. The van der Waals surface area contributed by atoms with Crippen LogP contribution >= 0.6 is 0 Å². The van der Waals surface area contributed by atoms with E-state index < -0.39 is 10.0 Å². The second-order valence-corrected chi connectivity index (χ2v) is 5.00. The minimum atomic E-state index is -3.64. The SMILES string of the molecule is CCOc1ccc(NS(=O)(=O)c2ccn[nH]2)cn1. The average molecular weight is 268 g/mol. The van der Waals surface area contributed by atoms with Crippen LogP contribution < -0.4 is 9.46 Å². The van der Waals surface area contributed by atoms with Crippen LogP contribution in [0.2, 0.25) is 0 Å². The Balaban J connectivity index is 2.14. The summed E-state index contributed by atoms with van der Waals surface area (Å²) in [5.41, 5.74) is 0.355. The molecule has 7 nitrogen and oxygen atoms in total. The molecule has 2 aromatic heterocycles. The molecule has 0 aromatic carbocycles. The first-order chi connectivity index (χ1) is 8.62. The Morgan fingerprint density at radius 2 is 2.22 bits per heavy atom. The van der Waals surface area contributed by atoms with Gasteiger partial charge in [0.05, 0.1) is 24.7 Å². The summed E-state index contributed by atoms with van der Waals surface area (Å²) in [6.45, 7) is 2.35. The van der Waals surface area contributed by atoms with Gasteiger partial charge >= 0.3 is 0 Å². The van der Waals surface area contributed by atoms with E-state index in [2.05, 4.69) is 19.9 Å². The molecule has 0 spiro atoms. The summed E-state index contributed by atoms with van der Waals surface area (Å²) in [5.74, 6) is 0.446. The zero-order valence-corrected chi connectivity index (χ0v) is 10.4. The third-order valence-corrected chi connectivity index (χ3v) is 3.36. The number of anilines is 1. The largest absolute Gasteiger partial charge is 0.478 e. The maximum absolute atomic E-state index is 11.8. The van der Waals surface area contributed by atoms with Crippen LogP contribution in [0.25, 0.3) is 0 Å². The summed E-state index contributed by atoms with van der Waals surface area (Å²) >= 11 is 0. The van der Waals surface area contributed by atoms with Crippen LogP contribution in [0.1, 0.15) is 6.92 Å². The summed E-state index contributed by atoms with van der Waals surface area (Å²) in [7, 11) is -3.64. The first kappa shape index (κ1) is 12.4. The molecule has 2 aromatic rings. The van der Waals surface area contributed by atoms with Crippen LogP contribution in [0.15, 0.2) is 35.6 Å². The number of H-pyrrole nitrogens is 1. The highest BCUT2D eigenvalue weighted by atomic mass is 32.2. The van der Waals surface area contributed by atoms with Crippen LogP contribution in [-0.4, -0.2) is 30.2 Å². The van der Waals surface area contributed by atoms with Crippen molar-refractivity contribution >= 4 is 15.7 Å². The van der Waals surface area contributed by atoms with Gasteiger partial charge in [-0.25, -0.2) is 4.98 Å². The van der Waals surface area contributed by atoms with E-state index in [4.69, 9.17) is 4.74 Å². The van der Waals surface area contributed by atoms with Crippen molar-refractivity contribution in [3.05, 3.63) is 30.6 Å². The Morgan fingerprint density at radius 3 is 2.78 bits per heavy atom. The molecule has 0 unspecified atom stereocenters. The van der Waals surface area contributed by atoms with Crippen molar-refractivity contribution in [2.24, 2.45) is 0 Å². The molecule has 0 saturated heterocycles. The molecule has 0 aliphatic rings. The van der Waals surface area contributed by atoms with E-state index in [-0.39, 0.29) is 5.03 Å². The predicted octanol–water partition coefficient (Wildman–Crippen LogP) is 1.00. The molecule has 2 N–H and O–H groups in total. The van der Waals surface area contributed by atoms with Gasteiger partial charge in [0.1, 0.15) is 0 Å². The van der Waals surface area contributed by atoms with E-state index >= 15 is 0 Å². The van der Waals surface area contributed by atoms with Gasteiger partial charge < -0.3 is 4.74 Å². The zero-order chi connectivity index (χ0) is 13.0. The monoisotopic (exact) mass is 268 g/mol. The van der Waals surface area contributed by atoms with E-state index in [1.54, 1.807) is 12.1 Å². The molecule has 0 amide bonds. The maximum atomic E-state index is 11.8. The summed E-state index contributed by atoms with van der Waals surface area (Å²) < 4.78 is 31.2. The van der Waals surface area contributed by atoms with E-state index in [0.29, 0.717) is 18.2 Å². The lowest BCUT2D eigenvalue weighted by molar-refractivity contribution is 0.327. The van der Waals surface area contributed by atoms with Crippen LogP contribution in [0, 0.1) is 0 Å². The molecule has 96 valence electrons. The van der Waals surface area contributed by atoms with Gasteiger partial charge in [-0.2, -0.15) is 13.5 Å². The fourth-order valence-corrected chi connectivity index (χ4v) is 2.23. The van der Waals surface area contributed by atoms with Gasteiger partial charge in [0.15, 0.2) is 5.03 Å². The number of nitrogens with zero attached hydrogens (tertiary/aromatic N) is 2. The minimum absolute atomic E-state index is 0.00335. The molecule has 0 atom stereocenters. The van der Waals surface area contributed by atoms with Gasteiger partial charge in [-0.15, -0.1) is 0 Å². The number of sulfonamides is 1. The third kappa shape index (κ3) is 2.77. The topological polar surface area (TPSA) is 97.0 Å². The van der Waals surface area contributed by atoms with Crippen LogP contribution in [0.3, 0.4) is 0 Å². The van der Waals surface area contributed by atoms with Crippen molar-refractivity contribution in [3.8, 4) is 5.88 Å². The first-order valence-electron chi connectivity index (χ1n) is 5.23. The van der Waals surface area contributed by atoms with Crippen LogP contribution in [-0.2, 0) is 10.0 Å². The molecular formula is C10H12N4O3S. The van der Waals surface area contributed by atoms with Crippen LogP contribution in [0.4, 0.5) is 5.69 Å². The second-order valence-electron chi connectivity index (χ2n) is 3.34. The van der Waals surface area contributed by atoms with Crippen molar-refractivity contribution in [1.82, 2.24) is 15.2 Å². The van der Waals surface area contributed by atoms with Crippen molar-refractivity contribution in [3.63, 3.8) is 0 Å². The van der Waals surface area contributed by atoms with E-state index in [1.165, 1.54) is 18.5 Å². The van der Waals surface area contributed by atoms with Crippen molar-refractivity contribution < 1.29 is 13.2 Å². The predicted molar refractivity (Wildman–Crippen MR) is 64.8 cm³/mol. The summed E-state index contributed by atoms with van der Waals surface area (Å²) in [6.07, 6.45) is 2.75. The quantitative estimate of drug-likeness (QED) is 0.843. The number of rotatable bonds is 5. The highest BCUT2D eigenvalue weighted by molar-refractivity contribution is 7.92. The number of hydrogen-bond acceptors (Lipinski definition) is 5. The Labute approximate surface area is 104 Å². The van der Waals surface area contributed by atoms with E-state index in [0.717, 1.165) is 0 Å². The number of nitrogens with one attached hydrogen (secondary N) is 2. The number of pyridine rings is 1. The molecule has 0 bridgehead atoms. The molecule has 8 heteroatoms. The molecule has 2 heterocycles. The number of aromatic nitrogens is 3. The van der Waals surface area contributed by atoms with Gasteiger partial charge in [-0.3, -0.25) is 9.82 Å². The smallest absolute Gasteiger partial charge is 0.278 e. The van der Waals surface area contributed by atoms with Gasteiger partial charge in [0.25, 0.3) is 10.0 Å². The first-order valence-corrected chi connectivity index (χ1v) is 6.71. The second kappa shape index (κ2) is 5.05. The Hall–Kier alpha value is -2.09. The number of hydrogen-bond donors (Lipinski definition) is 2. The summed E-state index contributed by atoms with van der Waals surface area (Å²) in [5, 5.41) is 5.97. The molecule has 0 radical (unpaired) electrons. The van der Waals surface area contributed by atoms with Gasteiger partial charge in [0, 0.05) is 6.07 Å². The average Bonchev–Trinajstić information content (AvgIpc) is 2.86. The van der Waals surface area contributed by atoms with Crippen molar-refractivity contribution in [1.29, 1.82) is 0 Å². The third-order valence-electron chi connectivity index (χ3n) is 2.05. The fraction of sp³-hybridized carbons (Fsp3) is 0.200. The normalized spacial score (nSPS) is 11.2. The zero-order valence-electron chi connectivity index (χ0n) is 9.62. The molecule has 0 aliphatic heterocycles. The fourth-order valence-electron chi connectivity index (χ4n) is 1.28. The lowest BCUT2D eigenvalue weighted by atomic mass is 10.4. The van der Waals surface area contributed by atoms with Crippen molar-refractivity contribution in [2.75, 3.05) is 11.3 Å². The standard InChI is InChI=1S/C10H12N4O3S/c1-2-17-9-4-3-8(7-11-9)14-18(15,16)10-5-6-12-13-10/h3-7,14H,2H2,1H3,(H,12,13). The molecule has 2 rings (SSSR count). The summed E-state index contributed by atoms with van der Waals surface area (Å²) in [6, 6.07) is 4.53. The van der Waals surface area contributed by atoms with E-state index in [1.807, 2.05) is 6.92 Å². The molecule has 0 aliphatic carbocycles. The number of ether oxygens (including phenoxy) is 1. The molecular weight excluding hydrogens is 256 g/mol. The Morgan fingerprint density at radius 1 is 1.39 bits per heavy atom. The molecule has 0 fully saturated rings. The summed E-state index contributed by atoms with van der Waals surface area (Å²) in [4.78, 5) is 3.96. The minimum Gasteiger partial charge on any atom is -0.478 e. The lowest BCUT2D eigenvalue weighted by Gasteiger charge is -2.06. The number of aromatic amines is 1. The van der Waals surface area contributed by atoms with E-state index in [9.17, 15) is 8.42 Å². The van der Waals surface area contributed by atoms with Gasteiger partial charge in [-0.05, 0) is 19.1 Å². The Bertz CT molecular complexity index is 593. The van der Waals surface area contributed by atoms with Crippen molar-refractivity contribution in [2.45, 2.75) is 11.9 Å². The van der Waals surface area contributed by atoms with Crippen LogP contribution in [0.5, 0.6) is 5.88 Å². The molecule has 18 heavy (non-hydrogen) atoms. The Kier molecular flexibility index (Phi) is 3.47. The molecule has 0 saturated carbocycles. The van der Waals surface area contributed by atoms with Gasteiger partial charge in [0.2, 0.25) is 5.88 Å². The highest BCUT2D eigenvalue weighted by Gasteiger charge is 2.15. The van der Waals surface area contributed by atoms with Gasteiger partial charge in [-0.1, -0.05) is 0 Å².